The third-order valence-corrected chi connectivity index (χ3v) is 5.21. The minimum absolute atomic E-state index is 0.108. The fourth-order valence-electron chi connectivity index (χ4n) is 3.66. The Morgan fingerprint density at radius 3 is 2.32 bits per heavy atom. The van der Waals surface area contributed by atoms with Crippen molar-refractivity contribution in [1.29, 1.82) is 0 Å². The number of phenols is 1. The molecule has 1 aliphatic carbocycles. The van der Waals surface area contributed by atoms with Crippen LogP contribution >= 0.6 is 0 Å². The first-order chi connectivity index (χ1) is 12.1. The molecule has 2 aliphatic rings. The van der Waals surface area contributed by atoms with Crippen LogP contribution in [-0.2, 0) is 9.59 Å². The Morgan fingerprint density at radius 1 is 1.04 bits per heavy atom. The number of carbonyl (C=O) groups excluding carboxylic acids is 2. The molecule has 1 aromatic rings. The summed E-state index contributed by atoms with van der Waals surface area (Å²) in [6.45, 7) is 3.38. The van der Waals surface area contributed by atoms with Gasteiger partial charge in [0.2, 0.25) is 11.8 Å². The Kier molecular flexibility index (Phi) is 5.79. The van der Waals surface area contributed by atoms with Crippen LogP contribution in [0.25, 0.3) is 0 Å². The second-order valence-electron chi connectivity index (χ2n) is 6.91. The van der Waals surface area contributed by atoms with E-state index in [4.69, 9.17) is 0 Å². The van der Waals surface area contributed by atoms with Crippen molar-refractivity contribution in [2.45, 2.75) is 32.1 Å². The highest BCUT2D eigenvalue weighted by Crippen LogP contribution is 2.24. The van der Waals surface area contributed by atoms with Gasteiger partial charge in [0.05, 0.1) is 0 Å². The Hall–Kier alpha value is -2.24. The van der Waals surface area contributed by atoms with E-state index in [1.807, 2.05) is 17.0 Å². The van der Waals surface area contributed by atoms with Gasteiger partial charge in [-0.25, -0.2) is 0 Å². The number of benzene rings is 1. The number of hydrogen-bond acceptors (Lipinski definition) is 4. The van der Waals surface area contributed by atoms with Gasteiger partial charge in [0, 0.05) is 50.7 Å². The Labute approximate surface area is 148 Å². The Morgan fingerprint density at radius 2 is 1.68 bits per heavy atom. The molecule has 2 fully saturated rings. The second kappa shape index (κ2) is 8.23. The summed E-state index contributed by atoms with van der Waals surface area (Å²) >= 11 is 0. The zero-order chi connectivity index (χ0) is 17.6. The average Bonchev–Trinajstić information content (AvgIpc) is 3.17. The highest BCUT2D eigenvalue weighted by atomic mass is 16.3. The lowest BCUT2D eigenvalue weighted by Gasteiger charge is -2.36. The van der Waals surface area contributed by atoms with E-state index in [1.54, 1.807) is 12.1 Å². The maximum absolute atomic E-state index is 12.3. The number of piperazine rings is 1. The Bertz CT molecular complexity index is 588. The van der Waals surface area contributed by atoms with Gasteiger partial charge in [-0.3, -0.25) is 9.59 Å². The monoisotopic (exact) mass is 345 g/mol. The molecule has 136 valence electrons. The topological polar surface area (TPSA) is 72.9 Å². The molecule has 1 aromatic carbocycles. The lowest BCUT2D eigenvalue weighted by Crippen LogP contribution is -2.49. The van der Waals surface area contributed by atoms with Crippen molar-refractivity contribution in [2.24, 2.45) is 5.92 Å². The predicted octanol–water partition coefficient (Wildman–Crippen LogP) is 1.74. The smallest absolute Gasteiger partial charge is 0.224 e. The molecule has 0 atom stereocenters. The van der Waals surface area contributed by atoms with E-state index in [0.717, 1.165) is 44.5 Å². The minimum Gasteiger partial charge on any atom is -0.508 e. The van der Waals surface area contributed by atoms with E-state index in [-0.39, 0.29) is 23.5 Å². The van der Waals surface area contributed by atoms with Crippen molar-refractivity contribution in [1.82, 2.24) is 10.2 Å². The van der Waals surface area contributed by atoms with E-state index in [0.29, 0.717) is 26.1 Å². The van der Waals surface area contributed by atoms with Gasteiger partial charge in [-0.1, -0.05) is 12.8 Å². The van der Waals surface area contributed by atoms with Gasteiger partial charge in [0.25, 0.3) is 0 Å². The average molecular weight is 345 g/mol. The summed E-state index contributed by atoms with van der Waals surface area (Å²) in [7, 11) is 0. The first-order valence-electron chi connectivity index (χ1n) is 9.23. The molecule has 6 nitrogen and oxygen atoms in total. The van der Waals surface area contributed by atoms with Crippen LogP contribution in [0.3, 0.4) is 0 Å². The number of hydrogen-bond donors (Lipinski definition) is 2. The van der Waals surface area contributed by atoms with Crippen molar-refractivity contribution in [3.8, 4) is 5.75 Å². The van der Waals surface area contributed by atoms with Crippen molar-refractivity contribution in [2.75, 3.05) is 37.6 Å². The molecule has 1 aliphatic heterocycles. The fourth-order valence-corrected chi connectivity index (χ4v) is 3.66. The van der Waals surface area contributed by atoms with E-state index >= 15 is 0 Å². The van der Waals surface area contributed by atoms with Gasteiger partial charge in [-0.05, 0) is 37.1 Å². The van der Waals surface area contributed by atoms with E-state index in [9.17, 15) is 14.7 Å². The third kappa shape index (κ3) is 4.65. The van der Waals surface area contributed by atoms with Crippen molar-refractivity contribution in [3.63, 3.8) is 0 Å². The van der Waals surface area contributed by atoms with Crippen LogP contribution < -0.4 is 10.2 Å². The van der Waals surface area contributed by atoms with E-state index < -0.39 is 0 Å². The first-order valence-corrected chi connectivity index (χ1v) is 9.23. The standard InChI is InChI=1S/C19H27N3O3/c23-17-7-5-16(6-8-17)21-11-13-22(14-12-21)18(24)9-10-20-19(25)15-3-1-2-4-15/h5-8,15,23H,1-4,9-14H2,(H,20,25). The number of amides is 2. The van der Waals surface area contributed by atoms with Crippen molar-refractivity contribution in [3.05, 3.63) is 24.3 Å². The van der Waals surface area contributed by atoms with Gasteiger partial charge in [-0.2, -0.15) is 0 Å². The maximum atomic E-state index is 12.3. The highest BCUT2D eigenvalue weighted by molar-refractivity contribution is 5.80. The van der Waals surface area contributed by atoms with Crippen LogP contribution in [0, 0.1) is 5.92 Å². The number of phenolic OH excluding ortho intramolecular Hbond substituents is 1. The molecule has 0 unspecified atom stereocenters. The van der Waals surface area contributed by atoms with Crippen LogP contribution in [-0.4, -0.2) is 54.5 Å². The lowest BCUT2D eigenvalue weighted by atomic mass is 10.1. The molecule has 3 rings (SSSR count). The molecule has 1 saturated carbocycles. The fraction of sp³-hybridized carbons (Fsp3) is 0.579. The molecule has 1 heterocycles. The zero-order valence-corrected chi connectivity index (χ0v) is 14.6. The number of nitrogens with zero attached hydrogens (tertiary/aromatic N) is 2. The third-order valence-electron chi connectivity index (χ3n) is 5.21. The van der Waals surface area contributed by atoms with Gasteiger partial charge in [-0.15, -0.1) is 0 Å². The summed E-state index contributed by atoms with van der Waals surface area (Å²) in [4.78, 5) is 28.4. The lowest BCUT2D eigenvalue weighted by molar-refractivity contribution is -0.131. The second-order valence-corrected chi connectivity index (χ2v) is 6.91. The van der Waals surface area contributed by atoms with Crippen molar-refractivity contribution < 1.29 is 14.7 Å². The SMILES string of the molecule is O=C(NCCC(=O)N1CCN(c2ccc(O)cc2)CC1)C1CCCC1. The molecule has 0 spiro atoms. The first kappa shape index (κ1) is 17.6. The molecule has 2 N–H and O–H groups in total. The number of nitrogens with one attached hydrogen (secondary N) is 1. The molecular formula is C19H27N3O3. The van der Waals surface area contributed by atoms with E-state index in [2.05, 4.69) is 10.2 Å². The summed E-state index contributed by atoms with van der Waals surface area (Å²) in [6.07, 6.45) is 4.63. The quantitative estimate of drug-likeness (QED) is 0.853. The van der Waals surface area contributed by atoms with Gasteiger partial charge < -0.3 is 20.2 Å². The van der Waals surface area contributed by atoms with Gasteiger partial charge >= 0.3 is 0 Å². The van der Waals surface area contributed by atoms with Crippen molar-refractivity contribution >= 4 is 17.5 Å². The van der Waals surface area contributed by atoms with Crippen LogP contribution in [0.15, 0.2) is 24.3 Å². The Balaban J connectivity index is 1.38. The normalized spacial score (nSPS) is 18.4. The summed E-state index contributed by atoms with van der Waals surface area (Å²) < 4.78 is 0. The molecule has 2 amide bonds. The van der Waals surface area contributed by atoms with Crippen LogP contribution in [0.4, 0.5) is 5.69 Å². The van der Waals surface area contributed by atoms with Crippen LogP contribution in [0.1, 0.15) is 32.1 Å². The van der Waals surface area contributed by atoms with Crippen LogP contribution in [0.5, 0.6) is 5.75 Å². The highest BCUT2D eigenvalue weighted by Gasteiger charge is 2.24. The minimum atomic E-state index is 0.108. The largest absolute Gasteiger partial charge is 0.508 e. The molecule has 25 heavy (non-hydrogen) atoms. The molecule has 0 radical (unpaired) electrons. The summed E-state index contributed by atoms with van der Waals surface area (Å²) in [6, 6.07) is 7.15. The summed E-state index contributed by atoms with van der Waals surface area (Å²) in [5.41, 5.74) is 1.06. The molecule has 1 saturated heterocycles. The molecule has 0 bridgehead atoms. The van der Waals surface area contributed by atoms with E-state index in [1.165, 1.54) is 0 Å². The number of aromatic hydroxyl groups is 1. The number of rotatable bonds is 5. The molecular weight excluding hydrogens is 318 g/mol. The van der Waals surface area contributed by atoms with Gasteiger partial charge in [0.1, 0.15) is 5.75 Å². The summed E-state index contributed by atoms with van der Waals surface area (Å²) in [5, 5.41) is 12.3. The zero-order valence-electron chi connectivity index (χ0n) is 14.6. The maximum Gasteiger partial charge on any atom is 0.224 e. The predicted molar refractivity (Wildman–Crippen MR) is 96.5 cm³/mol. The molecule has 0 aromatic heterocycles. The number of carbonyl (C=O) groups is 2. The molecule has 6 heteroatoms. The number of anilines is 1. The van der Waals surface area contributed by atoms with Crippen LogP contribution in [0.2, 0.25) is 0 Å². The van der Waals surface area contributed by atoms with Gasteiger partial charge in [0.15, 0.2) is 0 Å². The summed E-state index contributed by atoms with van der Waals surface area (Å²) in [5.74, 6) is 0.640.